The van der Waals surface area contributed by atoms with Gasteiger partial charge in [-0.15, -0.1) is 0 Å². The Morgan fingerprint density at radius 3 is 2.72 bits per heavy atom. The van der Waals surface area contributed by atoms with E-state index in [0.717, 1.165) is 5.56 Å². The van der Waals surface area contributed by atoms with Gasteiger partial charge in [-0.05, 0) is 24.1 Å². The number of hydrogen-bond donors (Lipinski definition) is 1. The number of benzene rings is 1. The van der Waals surface area contributed by atoms with Crippen molar-refractivity contribution in [3.05, 3.63) is 23.8 Å². The Kier molecular flexibility index (Phi) is 4.85. The third-order valence-corrected chi connectivity index (χ3v) is 6.04. The molecule has 1 fully saturated rings. The van der Waals surface area contributed by atoms with E-state index in [0.29, 0.717) is 17.9 Å². The summed E-state index contributed by atoms with van der Waals surface area (Å²) in [5.74, 6) is 0.633. The van der Waals surface area contributed by atoms with Gasteiger partial charge in [0, 0.05) is 19.5 Å². The maximum Gasteiger partial charge on any atom is 0.239 e. The molecule has 1 unspecified atom stereocenters. The largest absolute Gasteiger partial charge is 0.454 e. The summed E-state index contributed by atoms with van der Waals surface area (Å²) in [6.45, 7) is 1.66. The quantitative estimate of drug-likeness (QED) is 0.789. The lowest BCUT2D eigenvalue weighted by atomic mass is 10.2. The third kappa shape index (κ3) is 4.22. The molecule has 136 valence electrons. The molecule has 0 saturated carbocycles. The van der Waals surface area contributed by atoms with Gasteiger partial charge in [0.15, 0.2) is 21.3 Å². The summed E-state index contributed by atoms with van der Waals surface area (Å²) in [5.41, 5.74) is 0.843. The molecule has 0 aromatic heterocycles. The zero-order valence-electron chi connectivity index (χ0n) is 13.9. The second-order valence-corrected chi connectivity index (χ2v) is 8.40. The molecule has 2 heterocycles. The van der Waals surface area contributed by atoms with Crippen molar-refractivity contribution >= 4 is 21.7 Å². The number of nitrogens with one attached hydrogen (secondary N) is 1. The Hall–Kier alpha value is -2.29. The fourth-order valence-corrected chi connectivity index (χ4v) is 4.71. The lowest BCUT2D eigenvalue weighted by Gasteiger charge is -2.26. The van der Waals surface area contributed by atoms with Crippen molar-refractivity contribution in [3.63, 3.8) is 0 Å². The van der Waals surface area contributed by atoms with Gasteiger partial charge < -0.3 is 19.7 Å². The molecule has 1 aromatic carbocycles. The first-order valence-corrected chi connectivity index (χ1v) is 9.79. The van der Waals surface area contributed by atoms with Crippen LogP contribution in [0.5, 0.6) is 11.5 Å². The van der Waals surface area contributed by atoms with Crippen LogP contribution in [0.15, 0.2) is 18.2 Å². The average Bonchev–Trinajstić information content (AvgIpc) is 3.15. The molecule has 2 aliphatic heterocycles. The highest BCUT2D eigenvalue weighted by atomic mass is 32.2. The normalized spacial score (nSPS) is 20.3. The van der Waals surface area contributed by atoms with Crippen LogP contribution in [0.3, 0.4) is 0 Å². The van der Waals surface area contributed by atoms with Gasteiger partial charge in [0.1, 0.15) is 0 Å². The Morgan fingerprint density at radius 1 is 1.28 bits per heavy atom. The molecule has 1 saturated heterocycles. The molecular formula is C16H20N2O6S. The Labute approximate surface area is 146 Å². The highest BCUT2D eigenvalue weighted by Gasteiger charge is 2.34. The van der Waals surface area contributed by atoms with Crippen molar-refractivity contribution in [3.8, 4) is 11.5 Å². The number of ether oxygens (including phenoxy) is 2. The van der Waals surface area contributed by atoms with Crippen LogP contribution >= 0.6 is 0 Å². The van der Waals surface area contributed by atoms with Gasteiger partial charge in [-0.25, -0.2) is 8.42 Å². The smallest absolute Gasteiger partial charge is 0.239 e. The summed E-state index contributed by atoms with van der Waals surface area (Å²) in [6, 6.07) is 4.95. The maximum absolute atomic E-state index is 12.2. The number of amides is 2. The van der Waals surface area contributed by atoms with E-state index in [1.807, 2.05) is 6.07 Å². The fourth-order valence-electron chi connectivity index (χ4n) is 2.98. The molecule has 8 nitrogen and oxygen atoms in total. The van der Waals surface area contributed by atoms with Crippen LogP contribution in [0.1, 0.15) is 18.9 Å². The molecule has 0 radical (unpaired) electrons. The molecule has 3 rings (SSSR count). The van der Waals surface area contributed by atoms with E-state index >= 15 is 0 Å². The molecule has 2 aliphatic rings. The van der Waals surface area contributed by atoms with Crippen LogP contribution in [-0.2, 0) is 26.0 Å². The summed E-state index contributed by atoms with van der Waals surface area (Å²) in [4.78, 5) is 25.3. The minimum absolute atomic E-state index is 0.0558. The Bertz CT molecular complexity index is 792. The van der Waals surface area contributed by atoms with E-state index in [-0.39, 0.29) is 43.2 Å². The van der Waals surface area contributed by atoms with Crippen molar-refractivity contribution in [2.24, 2.45) is 0 Å². The first kappa shape index (κ1) is 17.5. The lowest BCUT2D eigenvalue weighted by molar-refractivity contribution is -0.136. The van der Waals surface area contributed by atoms with Crippen molar-refractivity contribution in [1.29, 1.82) is 0 Å². The van der Waals surface area contributed by atoms with Crippen molar-refractivity contribution in [2.75, 3.05) is 24.8 Å². The Morgan fingerprint density at radius 2 is 2.04 bits per heavy atom. The van der Waals surface area contributed by atoms with Gasteiger partial charge in [0.2, 0.25) is 18.6 Å². The number of fused-ring (bicyclic) bond motifs is 1. The van der Waals surface area contributed by atoms with Crippen LogP contribution in [0, 0.1) is 0 Å². The van der Waals surface area contributed by atoms with Crippen molar-refractivity contribution in [1.82, 2.24) is 10.2 Å². The predicted octanol–water partition coefficient (Wildman–Crippen LogP) is 0.0671. The lowest BCUT2D eigenvalue weighted by Crippen LogP contribution is -2.45. The SMILES string of the molecule is CC(=O)N(CC(=O)NCc1ccc2c(c1)OCO2)C1CCS(=O)(=O)C1. The first-order chi connectivity index (χ1) is 11.8. The topological polar surface area (TPSA) is 102 Å². The number of carbonyl (C=O) groups is 2. The van der Waals surface area contributed by atoms with Crippen LogP contribution in [-0.4, -0.2) is 56.0 Å². The molecule has 0 spiro atoms. The third-order valence-electron chi connectivity index (χ3n) is 4.29. The zero-order valence-corrected chi connectivity index (χ0v) is 14.7. The highest BCUT2D eigenvalue weighted by molar-refractivity contribution is 7.91. The monoisotopic (exact) mass is 368 g/mol. The van der Waals surface area contributed by atoms with Gasteiger partial charge in [0.25, 0.3) is 0 Å². The number of rotatable bonds is 5. The molecule has 9 heteroatoms. The number of sulfone groups is 1. The second kappa shape index (κ2) is 6.91. The molecule has 0 bridgehead atoms. The first-order valence-electron chi connectivity index (χ1n) is 7.97. The van der Waals surface area contributed by atoms with Crippen molar-refractivity contribution < 1.29 is 27.5 Å². The van der Waals surface area contributed by atoms with Gasteiger partial charge in [-0.3, -0.25) is 9.59 Å². The fraction of sp³-hybridized carbons (Fsp3) is 0.500. The minimum atomic E-state index is -3.12. The molecule has 0 aliphatic carbocycles. The summed E-state index contributed by atoms with van der Waals surface area (Å²) in [7, 11) is -3.12. The maximum atomic E-state index is 12.2. The molecular weight excluding hydrogens is 348 g/mol. The van der Waals surface area contributed by atoms with Crippen LogP contribution in [0.25, 0.3) is 0 Å². The van der Waals surface area contributed by atoms with Crippen LogP contribution < -0.4 is 14.8 Å². The van der Waals surface area contributed by atoms with E-state index in [1.165, 1.54) is 11.8 Å². The van der Waals surface area contributed by atoms with E-state index in [4.69, 9.17) is 9.47 Å². The summed E-state index contributed by atoms with van der Waals surface area (Å²) in [5, 5.41) is 2.74. The van der Waals surface area contributed by atoms with Gasteiger partial charge in [-0.1, -0.05) is 6.07 Å². The molecule has 2 amide bonds. The number of hydrogen-bond acceptors (Lipinski definition) is 6. The van der Waals surface area contributed by atoms with Gasteiger partial charge in [0.05, 0.1) is 18.1 Å². The highest BCUT2D eigenvalue weighted by Crippen LogP contribution is 2.32. The molecule has 1 atom stereocenters. The van der Waals surface area contributed by atoms with Gasteiger partial charge in [-0.2, -0.15) is 0 Å². The molecule has 25 heavy (non-hydrogen) atoms. The standard InChI is InChI=1S/C16H20N2O6S/c1-11(19)18(13-4-5-25(21,22)9-13)8-16(20)17-7-12-2-3-14-15(6-12)24-10-23-14/h2-3,6,13H,4-5,7-10H2,1H3,(H,17,20). The van der Waals surface area contributed by atoms with Crippen LogP contribution in [0.4, 0.5) is 0 Å². The summed E-state index contributed by atoms with van der Waals surface area (Å²) >= 11 is 0. The molecule has 1 aromatic rings. The zero-order chi connectivity index (χ0) is 18.0. The number of nitrogens with zero attached hydrogens (tertiary/aromatic N) is 1. The van der Waals surface area contributed by atoms with Crippen molar-refractivity contribution in [2.45, 2.75) is 25.9 Å². The summed E-state index contributed by atoms with van der Waals surface area (Å²) in [6.07, 6.45) is 0.372. The van der Waals surface area contributed by atoms with E-state index in [2.05, 4.69) is 5.32 Å². The molecule has 1 N–H and O–H groups in total. The second-order valence-electron chi connectivity index (χ2n) is 6.17. The number of carbonyl (C=O) groups excluding carboxylic acids is 2. The average molecular weight is 368 g/mol. The van der Waals surface area contributed by atoms with Crippen LogP contribution in [0.2, 0.25) is 0 Å². The predicted molar refractivity (Wildman–Crippen MR) is 88.9 cm³/mol. The Balaban J connectivity index is 1.56. The van der Waals surface area contributed by atoms with E-state index < -0.39 is 15.9 Å². The van der Waals surface area contributed by atoms with Gasteiger partial charge >= 0.3 is 0 Å². The minimum Gasteiger partial charge on any atom is -0.454 e. The summed E-state index contributed by atoms with van der Waals surface area (Å²) < 4.78 is 33.7. The van der Waals surface area contributed by atoms with E-state index in [9.17, 15) is 18.0 Å². The van der Waals surface area contributed by atoms with E-state index in [1.54, 1.807) is 12.1 Å².